The lowest BCUT2D eigenvalue weighted by Crippen LogP contribution is -2.40. The van der Waals surface area contributed by atoms with E-state index in [1.165, 1.54) is 9.80 Å². The van der Waals surface area contributed by atoms with Crippen molar-refractivity contribution in [2.75, 3.05) is 25.5 Å². The van der Waals surface area contributed by atoms with E-state index in [9.17, 15) is 19.2 Å². The molecule has 34 heavy (non-hydrogen) atoms. The van der Waals surface area contributed by atoms with Crippen LogP contribution in [-0.4, -0.2) is 49.0 Å². The van der Waals surface area contributed by atoms with Crippen LogP contribution in [0.15, 0.2) is 42.5 Å². The van der Waals surface area contributed by atoms with Gasteiger partial charge in [-0.05, 0) is 47.4 Å². The molecule has 7 nitrogen and oxygen atoms in total. The number of carbonyl (C=O) groups excluding carboxylic acids is 4. The third kappa shape index (κ3) is 7.85. The Bertz CT molecular complexity index is 1080. The van der Waals surface area contributed by atoms with E-state index in [0.717, 1.165) is 0 Å². The molecule has 2 aromatic carbocycles. The van der Waals surface area contributed by atoms with E-state index in [1.54, 1.807) is 56.6 Å². The smallest absolute Gasteiger partial charge is 0.287 e. The van der Waals surface area contributed by atoms with Gasteiger partial charge in [0.2, 0.25) is 11.7 Å². The topological polar surface area (TPSA) is 86.8 Å². The fourth-order valence-corrected chi connectivity index (χ4v) is 3.26. The zero-order chi connectivity index (χ0) is 25.6. The highest BCUT2D eigenvalue weighted by atomic mass is 35.5. The van der Waals surface area contributed by atoms with Crippen LogP contribution in [0.2, 0.25) is 10.0 Å². The summed E-state index contributed by atoms with van der Waals surface area (Å²) in [6.45, 7) is 6.17. The quantitative estimate of drug-likeness (QED) is 0.426. The monoisotopic (exact) mass is 505 g/mol. The van der Waals surface area contributed by atoms with Gasteiger partial charge in [-0.1, -0.05) is 50.0 Å². The van der Waals surface area contributed by atoms with Crippen molar-refractivity contribution in [2.45, 2.75) is 33.7 Å². The van der Waals surface area contributed by atoms with Gasteiger partial charge in [0, 0.05) is 31.9 Å². The van der Waals surface area contributed by atoms with E-state index in [-0.39, 0.29) is 17.9 Å². The molecule has 0 heterocycles. The van der Waals surface area contributed by atoms with Crippen LogP contribution < -0.4 is 10.2 Å². The summed E-state index contributed by atoms with van der Waals surface area (Å²) < 4.78 is 0. The first kappa shape index (κ1) is 27.3. The summed E-state index contributed by atoms with van der Waals surface area (Å²) in [5.41, 5.74) is 1.40. The number of amides is 3. The minimum atomic E-state index is -0.826. The number of rotatable bonds is 8. The molecule has 182 valence electrons. The van der Waals surface area contributed by atoms with Gasteiger partial charge >= 0.3 is 0 Å². The maximum absolute atomic E-state index is 13.1. The zero-order valence-corrected chi connectivity index (χ0v) is 21.5. The second-order valence-electron chi connectivity index (χ2n) is 9.32. The number of nitrogens with one attached hydrogen (secondary N) is 1. The van der Waals surface area contributed by atoms with E-state index in [2.05, 4.69) is 5.32 Å². The molecule has 0 aliphatic heterocycles. The first-order valence-corrected chi connectivity index (χ1v) is 11.4. The van der Waals surface area contributed by atoms with Crippen molar-refractivity contribution in [3.05, 3.63) is 63.6 Å². The number of ketones is 1. The standard InChI is InChI=1S/C25H29Cl2N3O4/c1-25(2,3)15-28-23(33)21(31)13-22(32)30(14-16-6-11-19(26)20(27)12-16)18-9-7-17(8-10-18)24(34)29(4)5/h6-12H,13-15H2,1-5H3,(H,28,33). The number of benzene rings is 2. The van der Waals surface area contributed by atoms with Crippen LogP contribution in [0.3, 0.4) is 0 Å². The number of Topliss-reactive ketones (excluding diaryl/α,β-unsaturated/α-hetero) is 1. The third-order valence-corrected chi connectivity index (χ3v) is 5.54. The van der Waals surface area contributed by atoms with Crippen molar-refractivity contribution in [1.82, 2.24) is 10.2 Å². The van der Waals surface area contributed by atoms with Crippen LogP contribution in [0.1, 0.15) is 43.1 Å². The molecule has 0 bridgehead atoms. The Labute approximate surface area is 210 Å². The summed E-state index contributed by atoms with van der Waals surface area (Å²) in [5.74, 6) is -2.37. The van der Waals surface area contributed by atoms with E-state index < -0.39 is 24.0 Å². The molecule has 0 saturated carbocycles. The number of nitrogens with zero attached hydrogens (tertiary/aromatic N) is 2. The lowest BCUT2D eigenvalue weighted by molar-refractivity contribution is -0.140. The minimum absolute atomic E-state index is 0.0909. The number of carbonyl (C=O) groups is 4. The highest BCUT2D eigenvalue weighted by molar-refractivity contribution is 6.42. The molecule has 0 unspecified atom stereocenters. The van der Waals surface area contributed by atoms with Gasteiger partial charge in [0.1, 0.15) is 0 Å². The Kier molecular flexibility index (Phi) is 9.24. The summed E-state index contributed by atoms with van der Waals surface area (Å²) in [5, 5.41) is 3.27. The predicted octanol–water partition coefficient (Wildman–Crippen LogP) is 4.35. The predicted molar refractivity (Wildman–Crippen MR) is 134 cm³/mol. The molecule has 2 rings (SSSR count). The number of hydrogen-bond acceptors (Lipinski definition) is 4. The summed E-state index contributed by atoms with van der Waals surface area (Å²) in [4.78, 5) is 52.8. The lowest BCUT2D eigenvalue weighted by Gasteiger charge is -2.24. The Morgan fingerprint density at radius 2 is 1.53 bits per heavy atom. The van der Waals surface area contributed by atoms with Crippen LogP contribution in [0.4, 0.5) is 5.69 Å². The van der Waals surface area contributed by atoms with Gasteiger partial charge in [0.25, 0.3) is 11.8 Å². The van der Waals surface area contributed by atoms with Crippen molar-refractivity contribution >= 4 is 52.4 Å². The average Bonchev–Trinajstić information content (AvgIpc) is 2.77. The molecule has 0 saturated heterocycles. The zero-order valence-electron chi connectivity index (χ0n) is 19.9. The molecule has 0 spiro atoms. The molecular formula is C25H29Cl2N3O4. The van der Waals surface area contributed by atoms with E-state index in [4.69, 9.17) is 23.2 Å². The normalized spacial score (nSPS) is 11.0. The van der Waals surface area contributed by atoms with Crippen molar-refractivity contribution in [1.29, 1.82) is 0 Å². The third-order valence-electron chi connectivity index (χ3n) is 4.80. The molecule has 0 aliphatic carbocycles. The van der Waals surface area contributed by atoms with Gasteiger partial charge in [-0.3, -0.25) is 19.2 Å². The van der Waals surface area contributed by atoms with Gasteiger partial charge in [-0.25, -0.2) is 0 Å². The summed E-state index contributed by atoms with van der Waals surface area (Å²) in [6, 6.07) is 11.4. The van der Waals surface area contributed by atoms with Crippen LogP contribution in [0.5, 0.6) is 0 Å². The van der Waals surface area contributed by atoms with Crippen LogP contribution >= 0.6 is 23.2 Å². The fraction of sp³-hybridized carbons (Fsp3) is 0.360. The Balaban J connectivity index is 2.28. The van der Waals surface area contributed by atoms with E-state index in [1.807, 2.05) is 20.8 Å². The van der Waals surface area contributed by atoms with Gasteiger partial charge in [-0.15, -0.1) is 0 Å². The highest BCUT2D eigenvalue weighted by Gasteiger charge is 2.25. The van der Waals surface area contributed by atoms with E-state index in [0.29, 0.717) is 33.4 Å². The second kappa shape index (κ2) is 11.5. The molecule has 0 fully saturated rings. The van der Waals surface area contributed by atoms with Gasteiger partial charge in [0.15, 0.2) is 0 Å². The summed E-state index contributed by atoms with van der Waals surface area (Å²) >= 11 is 12.1. The molecule has 0 aromatic heterocycles. The average molecular weight is 506 g/mol. The number of anilines is 1. The summed E-state index contributed by atoms with van der Waals surface area (Å²) in [7, 11) is 3.29. The molecule has 9 heteroatoms. The molecule has 0 radical (unpaired) electrons. The molecule has 2 aromatic rings. The molecule has 1 N–H and O–H groups in total. The van der Waals surface area contributed by atoms with E-state index >= 15 is 0 Å². The van der Waals surface area contributed by atoms with Crippen LogP contribution in [-0.2, 0) is 20.9 Å². The first-order chi connectivity index (χ1) is 15.8. The van der Waals surface area contributed by atoms with Crippen molar-refractivity contribution in [2.24, 2.45) is 5.41 Å². The first-order valence-electron chi connectivity index (χ1n) is 10.7. The van der Waals surface area contributed by atoms with Crippen LogP contribution in [0.25, 0.3) is 0 Å². The highest BCUT2D eigenvalue weighted by Crippen LogP contribution is 2.25. The maximum Gasteiger partial charge on any atom is 0.287 e. The molecular weight excluding hydrogens is 477 g/mol. The Morgan fingerprint density at radius 3 is 2.06 bits per heavy atom. The van der Waals surface area contributed by atoms with Crippen molar-refractivity contribution in [3.8, 4) is 0 Å². The number of hydrogen-bond donors (Lipinski definition) is 1. The van der Waals surface area contributed by atoms with Gasteiger partial charge in [-0.2, -0.15) is 0 Å². The van der Waals surface area contributed by atoms with Gasteiger partial charge < -0.3 is 15.1 Å². The minimum Gasteiger partial charge on any atom is -0.349 e. The Hall–Kier alpha value is -2.90. The Morgan fingerprint density at radius 1 is 0.912 bits per heavy atom. The molecule has 0 atom stereocenters. The molecule has 3 amide bonds. The molecule has 0 aliphatic rings. The lowest BCUT2D eigenvalue weighted by atomic mass is 9.97. The fourth-order valence-electron chi connectivity index (χ4n) is 2.94. The summed E-state index contributed by atoms with van der Waals surface area (Å²) in [6.07, 6.45) is -0.602. The maximum atomic E-state index is 13.1. The van der Waals surface area contributed by atoms with Crippen molar-refractivity contribution < 1.29 is 19.2 Å². The van der Waals surface area contributed by atoms with Crippen LogP contribution in [0, 0.1) is 5.41 Å². The largest absolute Gasteiger partial charge is 0.349 e. The SMILES string of the molecule is CN(C)C(=O)c1ccc(N(Cc2ccc(Cl)c(Cl)c2)C(=O)CC(=O)C(=O)NCC(C)(C)C)cc1. The second-order valence-corrected chi connectivity index (χ2v) is 10.1. The number of halogens is 2. The van der Waals surface area contributed by atoms with Gasteiger partial charge in [0.05, 0.1) is 23.0 Å². The van der Waals surface area contributed by atoms with Crippen molar-refractivity contribution in [3.63, 3.8) is 0 Å².